The van der Waals surface area contributed by atoms with Crippen molar-refractivity contribution in [1.82, 2.24) is 4.90 Å². The Hall–Kier alpha value is -1.34. The molecule has 1 aliphatic heterocycles. The van der Waals surface area contributed by atoms with Crippen LogP contribution < -0.4 is 0 Å². The molecule has 0 aromatic heterocycles. The second kappa shape index (κ2) is 7.09. The molecule has 3 nitrogen and oxygen atoms in total. The van der Waals surface area contributed by atoms with Gasteiger partial charge < -0.3 is 9.84 Å². The van der Waals surface area contributed by atoms with Gasteiger partial charge in [0, 0.05) is 19.0 Å². The minimum atomic E-state index is -0.137. The Kier molecular flexibility index (Phi) is 5.41. The third-order valence-corrected chi connectivity index (χ3v) is 4.33. The van der Waals surface area contributed by atoms with Gasteiger partial charge in [-0.05, 0) is 11.5 Å². The van der Waals surface area contributed by atoms with Gasteiger partial charge in [0.15, 0.2) is 0 Å². The first kappa shape index (κ1) is 16.0. The molecule has 1 aromatic rings. The van der Waals surface area contributed by atoms with Gasteiger partial charge in [0.1, 0.15) is 0 Å². The summed E-state index contributed by atoms with van der Waals surface area (Å²) >= 11 is 0. The largest absolute Gasteiger partial charge is 0.395 e. The van der Waals surface area contributed by atoms with E-state index < -0.39 is 0 Å². The Morgan fingerprint density at radius 3 is 2.43 bits per heavy atom. The smallest absolute Gasteiger partial charge is 0.0794 e. The van der Waals surface area contributed by atoms with Gasteiger partial charge in [-0.15, -0.1) is 12.3 Å². The SMILES string of the molecule is C#CCC1(N(Cc2ccccc2)[C@@H](CO)C(C)C)COC1. The molecule has 1 N–H and O–H groups in total. The maximum Gasteiger partial charge on any atom is 0.0794 e. The van der Waals surface area contributed by atoms with Gasteiger partial charge in [0.2, 0.25) is 0 Å². The normalized spacial score (nSPS) is 18.3. The molecule has 1 heterocycles. The molecule has 1 saturated heterocycles. The first-order valence-electron chi connectivity index (χ1n) is 7.56. The molecule has 1 atom stereocenters. The second-order valence-corrected chi connectivity index (χ2v) is 6.21. The van der Waals surface area contributed by atoms with Crippen LogP contribution in [0.5, 0.6) is 0 Å². The van der Waals surface area contributed by atoms with Gasteiger partial charge in [-0.1, -0.05) is 44.2 Å². The number of hydrogen-bond acceptors (Lipinski definition) is 3. The number of benzene rings is 1. The molecule has 0 radical (unpaired) electrons. The molecule has 1 aliphatic rings. The van der Waals surface area contributed by atoms with Crippen LogP contribution in [0, 0.1) is 18.3 Å². The summed E-state index contributed by atoms with van der Waals surface area (Å²) in [5, 5.41) is 9.86. The highest BCUT2D eigenvalue weighted by molar-refractivity contribution is 5.17. The van der Waals surface area contributed by atoms with Crippen molar-refractivity contribution in [2.75, 3.05) is 19.8 Å². The number of rotatable bonds is 7. The quantitative estimate of drug-likeness (QED) is 0.781. The van der Waals surface area contributed by atoms with Gasteiger partial charge in [-0.3, -0.25) is 4.90 Å². The number of terminal acetylenes is 1. The van der Waals surface area contributed by atoms with E-state index in [1.54, 1.807) is 0 Å². The molecular formula is C18H25NO2. The van der Waals surface area contributed by atoms with Crippen molar-refractivity contribution in [2.24, 2.45) is 5.92 Å². The molecule has 0 saturated carbocycles. The fraction of sp³-hybridized carbons (Fsp3) is 0.556. The Labute approximate surface area is 127 Å². The zero-order valence-electron chi connectivity index (χ0n) is 13.0. The van der Waals surface area contributed by atoms with Crippen molar-refractivity contribution in [2.45, 2.75) is 38.4 Å². The number of aliphatic hydroxyl groups excluding tert-OH is 1. The van der Waals surface area contributed by atoms with Gasteiger partial charge in [0.05, 0.1) is 25.4 Å². The lowest BCUT2D eigenvalue weighted by molar-refractivity contribution is -0.165. The van der Waals surface area contributed by atoms with Crippen LogP contribution in [0.3, 0.4) is 0 Å². The summed E-state index contributed by atoms with van der Waals surface area (Å²) in [7, 11) is 0. The standard InChI is InChI=1S/C18H25NO2/c1-4-10-18(13-21-14-18)19(17(12-20)15(2)3)11-16-8-6-5-7-9-16/h1,5-9,15,17,20H,10-14H2,2-3H3/t17-/m0/s1. The van der Waals surface area contributed by atoms with Gasteiger partial charge in [0.25, 0.3) is 0 Å². The lowest BCUT2D eigenvalue weighted by Gasteiger charge is -2.52. The first-order chi connectivity index (χ1) is 10.1. The van der Waals surface area contributed by atoms with E-state index in [1.165, 1.54) is 5.56 Å². The van der Waals surface area contributed by atoms with Crippen molar-refractivity contribution in [3.8, 4) is 12.3 Å². The predicted octanol–water partition coefficient (Wildman–Crippen LogP) is 2.30. The van der Waals surface area contributed by atoms with Crippen molar-refractivity contribution in [3.63, 3.8) is 0 Å². The van der Waals surface area contributed by atoms with Crippen molar-refractivity contribution >= 4 is 0 Å². The Bertz CT molecular complexity index is 474. The van der Waals surface area contributed by atoms with E-state index in [0.29, 0.717) is 25.6 Å². The fourth-order valence-electron chi connectivity index (χ4n) is 2.98. The van der Waals surface area contributed by atoms with Crippen LogP contribution in [0.4, 0.5) is 0 Å². The van der Waals surface area contributed by atoms with Gasteiger partial charge >= 0.3 is 0 Å². The minimum absolute atomic E-state index is 0.0856. The molecule has 0 amide bonds. The lowest BCUT2D eigenvalue weighted by atomic mass is 9.86. The molecule has 0 spiro atoms. The summed E-state index contributed by atoms with van der Waals surface area (Å²) in [5.74, 6) is 3.15. The van der Waals surface area contributed by atoms with E-state index in [0.717, 1.165) is 6.54 Å². The van der Waals surface area contributed by atoms with Crippen LogP contribution in [0.2, 0.25) is 0 Å². The molecule has 3 heteroatoms. The maximum absolute atomic E-state index is 9.86. The molecule has 2 rings (SSSR count). The lowest BCUT2D eigenvalue weighted by Crippen LogP contribution is -2.65. The third kappa shape index (κ3) is 3.47. The maximum atomic E-state index is 9.86. The number of nitrogens with zero attached hydrogens (tertiary/aromatic N) is 1. The Balaban J connectivity index is 2.28. The Morgan fingerprint density at radius 2 is 2.00 bits per heavy atom. The average molecular weight is 287 g/mol. The summed E-state index contributed by atoms with van der Waals surface area (Å²) in [6.45, 7) is 6.50. The van der Waals surface area contributed by atoms with Crippen LogP contribution in [-0.4, -0.2) is 41.4 Å². The van der Waals surface area contributed by atoms with E-state index in [4.69, 9.17) is 11.2 Å². The third-order valence-electron chi connectivity index (χ3n) is 4.33. The topological polar surface area (TPSA) is 32.7 Å². The summed E-state index contributed by atoms with van der Waals surface area (Å²) < 4.78 is 5.47. The van der Waals surface area contributed by atoms with Crippen LogP contribution in [0.25, 0.3) is 0 Å². The first-order valence-corrected chi connectivity index (χ1v) is 7.56. The Morgan fingerprint density at radius 1 is 1.33 bits per heavy atom. The van der Waals surface area contributed by atoms with E-state index in [-0.39, 0.29) is 18.2 Å². The van der Waals surface area contributed by atoms with Gasteiger partial charge in [-0.25, -0.2) is 0 Å². The molecule has 0 unspecified atom stereocenters. The highest BCUT2D eigenvalue weighted by Crippen LogP contribution is 2.33. The molecule has 1 fully saturated rings. The van der Waals surface area contributed by atoms with E-state index in [9.17, 15) is 5.11 Å². The molecule has 114 valence electrons. The minimum Gasteiger partial charge on any atom is -0.395 e. The second-order valence-electron chi connectivity index (χ2n) is 6.21. The molecular weight excluding hydrogens is 262 g/mol. The van der Waals surface area contributed by atoms with E-state index in [2.05, 4.69) is 36.8 Å². The van der Waals surface area contributed by atoms with E-state index in [1.807, 2.05) is 18.2 Å². The predicted molar refractivity (Wildman–Crippen MR) is 84.7 cm³/mol. The zero-order chi connectivity index (χ0) is 15.3. The molecule has 21 heavy (non-hydrogen) atoms. The molecule has 0 bridgehead atoms. The zero-order valence-corrected chi connectivity index (χ0v) is 13.0. The monoisotopic (exact) mass is 287 g/mol. The fourth-order valence-corrected chi connectivity index (χ4v) is 2.98. The van der Waals surface area contributed by atoms with Crippen LogP contribution in [-0.2, 0) is 11.3 Å². The van der Waals surface area contributed by atoms with Gasteiger partial charge in [-0.2, -0.15) is 0 Å². The highest BCUT2D eigenvalue weighted by Gasteiger charge is 2.46. The summed E-state index contributed by atoms with van der Waals surface area (Å²) in [6, 6.07) is 10.4. The number of aliphatic hydroxyl groups is 1. The van der Waals surface area contributed by atoms with Crippen molar-refractivity contribution in [1.29, 1.82) is 0 Å². The van der Waals surface area contributed by atoms with E-state index >= 15 is 0 Å². The summed E-state index contributed by atoms with van der Waals surface area (Å²) in [4.78, 5) is 2.36. The van der Waals surface area contributed by atoms with Crippen LogP contribution >= 0.6 is 0 Å². The number of hydrogen-bond donors (Lipinski definition) is 1. The molecule has 0 aliphatic carbocycles. The summed E-state index contributed by atoms with van der Waals surface area (Å²) in [6.07, 6.45) is 6.23. The summed E-state index contributed by atoms with van der Waals surface area (Å²) in [5.41, 5.74) is 1.10. The number of ether oxygens (including phenoxy) is 1. The van der Waals surface area contributed by atoms with Crippen LogP contribution in [0.15, 0.2) is 30.3 Å². The highest BCUT2D eigenvalue weighted by atomic mass is 16.5. The van der Waals surface area contributed by atoms with Crippen molar-refractivity contribution in [3.05, 3.63) is 35.9 Å². The van der Waals surface area contributed by atoms with Crippen molar-refractivity contribution < 1.29 is 9.84 Å². The van der Waals surface area contributed by atoms with Crippen LogP contribution in [0.1, 0.15) is 25.8 Å². The average Bonchev–Trinajstić information content (AvgIpc) is 2.43. The molecule has 1 aromatic carbocycles.